The molecule has 2 N–H and O–H groups in total. The van der Waals surface area contributed by atoms with Crippen molar-refractivity contribution in [3.05, 3.63) is 42.1 Å². The Bertz CT molecular complexity index is 580. The summed E-state index contributed by atoms with van der Waals surface area (Å²) in [6, 6.07) is 11.4. The number of rotatable bonds is 5. The van der Waals surface area contributed by atoms with Gasteiger partial charge in [-0.2, -0.15) is 0 Å². The molecule has 0 aliphatic heterocycles. The molecule has 0 aliphatic rings. The Balaban J connectivity index is 2.15. The number of hydrogen-bond donors (Lipinski definition) is 1. The Kier molecular flexibility index (Phi) is 4.27. The average Bonchev–Trinajstić information content (AvgIpc) is 2.45. The first-order valence-electron chi connectivity index (χ1n) is 6.74. The molecular formula is C16H20N2O. The summed E-state index contributed by atoms with van der Waals surface area (Å²) in [7, 11) is 0. The van der Waals surface area contributed by atoms with Crippen LogP contribution in [-0.2, 0) is 11.2 Å². The zero-order valence-corrected chi connectivity index (χ0v) is 11.5. The molecule has 0 fully saturated rings. The number of nitrogens with zero attached hydrogens (tertiary/aromatic N) is 1. The van der Waals surface area contributed by atoms with Gasteiger partial charge < -0.3 is 5.73 Å². The van der Waals surface area contributed by atoms with E-state index in [1.807, 2.05) is 50.2 Å². The highest BCUT2D eigenvalue weighted by atomic mass is 16.1. The van der Waals surface area contributed by atoms with E-state index in [4.69, 9.17) is 5.73 Å². The second-order valence-electron chi connectivity index (χ2n) is 5.05. The van der Waals surface area contributed by atoms with Gasteiger partial charge in [0.05, 0.1) is 18.0 Å². The average molecular weight is 256 g/mol. The van der Waals surface area contributed by atoms with Crippen LogP contribution in [0, 0.1) is 5.92 Å². The van der Waals surface area contributed by atoms with Crippen LogP contribution in [0.4, 0.5) is 0 Å². The lowest BCUT2D eigenvalue weighted by molar-refractivity contribution is -0.120. The lowest BCUT2D eigenvalue weighted by Crippen LogP contribution is -2.37. The normalized spacial score (nSPS) is 14.3. The van der Waals surface area contributed by atoms with Crippen molar-refractivity contribution in [2.24, 2.45) is 11.7 Å². The molecule has 0 saturated heterocycles. The summed E-state index contributed by atoms with van der Waals surface area (Å²) in [5, 5.41) is 1.09. The molecule has 0 amide bonds. The second kappa shape index (κ2) is 5.93. The number of Topliss-reactive ketones (excluding diaryl/α,β-unsaturated/α-hetero) is 1. The van der Waals surface area contributed by atoms with Crippen molar-refractivity contribution < 1.29 is 4.79 Å². The molecule has 19 heavy (non-hydrogen) atoms. The van der Waals surface area contributed by atoms with Crippen molar-refractivity contribution in [2.45, 2.75) is 32.7 Å². The minimum Gasteiger partial charge on any atom is -0.321 e. The zero-order valence-electron chi connectivity index (χ0n) is 11.5. The van der Waals surface area contributed by atoms with Gasteiger partial charge in [0, 0.05) is 11.1 Å². The summed E-state index contributed by atoms with van der Waals surface area (Å²) in [4.78, 5) is 16.6. The molecule has 3 heteroatoms. The summed E-state index contributed by atoms with van der Waals surface area (Å²) < 4.78 is 0. The van der Waals surface area contributed by atoms with Crippen molar-refractivity contribution in [1.82, 2.24) is 4.98 Å². The van der Waals surface area contributed by atoms with Gasteiger partial charge in [0.1, 0.15) is 0 Å². The fourth-order valence-electron chi connectivity index (χ4n) is 2.07. The number of para-hydroxylation sites is 1. The van der Waals surface area contributed by atoms with Crippen molar-refractivity contribution >= 4 is 16.7 Å². The number of ketones is 1. The van der Waals surface area contributed by atoms with Crippen LogP contribution in [0.3, 0.4) is 0 Å². The minimum atomic E-state index is -0.390. The van der Waals surface area contributed by atoms with E-state index in [0.717, 1.165) is 23.0 Å². The SMILES string of the molecule is CCC(C)C(N)C(=O)Cc1ccc2ccccc2n1. The molecule has 0 aliphatic carbocycles. The quantitative estimate of drug-likeness (QED) is 0.895. The predicted molar refractivity (Wildman–Crippen MR) is 77.9 cm³/mol. The van der Waals surface area contributed by atoms with E-state index in [0.29, 0.717) is 6.42 Å². The van der Waals surface area contributed by atoms with E-state index in [9.17, 15) is 4.79 Å². The highest BCUT2D eigenvalue weighted by Gasteiger charge is 2.19. The number of pyridine rings is 1. The monoisotopic (exact) mass is 256 g/mol. The number of carbonyl (C=O) groups excluding carboxylic acids is 1. The molecule has 2 aromatic rings. The van der Waals surface area contributed by atoms with E-state index in [2.05, 4.69) is 4.98 Å². The Morgan fingerprint density at radius 2 is 2.00 bits per heavy atom. The number of fused-ring (bicyclic) bond motifs is 1. The number of carbonyl (C=O) groups is 1. The molecular weight excluding hydrogens is 236 g/mol. The van der Waals surface area contributed by atoms with Crippen molar-refractivity contribution in [3.63, 3.8) is 0 Å². The maximum atomic E-state index is 12.1. The van der Waals surface area contributed by atoms with Crippen molar-refractivity contribution in [2.75, 3.05) is 0 Å². The maximum Gasteiger partial charge on any atom is 0.155 e. The van der Waals surface area contributed by atoms with E-state index in [-0.39, 0.29) is 11.7 Å². The minimum absolute atomic E-state index is 0.0668. The van der Waals surface area contributed by atoms with Gasteiger partial charge in [-0.15, -0.1) is 0 Å². The van der Waals surface area contributed by atoms with Gasteiger partial charge in [0.25, 0.3) is 0 Å². The third kappa shape index (κ3) is 3.18. The largest absolute Gasteiger partial charge is 0.321 e. The molecule has 2 unspecified atom stereocenters. The fourth-order valence-corrected chi connectivity index (χ4v) is 2.07. The smallest absolute Gasteiger partial charge is 0.155 e. The van der Waals surface area contributed by atoms with Gasteiger partial charge in [-0.25, -0.2) is 0 Å². The Morgan fingerprint density at radius 1 is 1.26 bits per heavy atom. The van der Waals surface area contributed by atoms with E-state index in [1.54, 1.807) is 0 Å². The Morgan fingerprint density at radius 3 is 2.74 bits per heavy atom. The lowest BCUT2D eigenvalue weighted by Gasteiger charge is -2.16. The van der Waals surface area contributed by atoms with Crippen LogP contribution >= 0.6 is 0 Å². The highest BCUT2D eigenvalue weighted by Crippen LogP contribution is 2.14. The fraction of sp³-hybridized carbons (Fsp3) is 0.375. The first kappa shape index (κ1) is 13.7. The third-order valence-corrected chi connectivity index (χ3v) is 3.64. The highest BCUT2D eigenvalue weighted by molar-refractivity contribution is 5.86. The molecule has 0 bridgehead atoms. The summed E-state index contributed by atoms with van der Waals surface area (Å²) in [5.74, 6) is 0.282. The van der Waals surface area contributed by atoms with Crippen LogP contribution in [0.1, 0.15) is 26.0 Å². The molecule has 3 nitrogen and oxygen atoms in total. The third-order valence-electron chi connectivity index (χ3n) is 3.64. The first-order valence-corrected chi connectivity index (χ1v) is 6.74. The zero-order chi connectivity index (χ0) is 13.8. The lowest BCUT2D eigenvalue weighted by atomic mass is 9.94. The Hall–Kier alpha value is -1.74. The summed E-state index contributed by atoms with van der Waals surface area (Å²) in [6.45, 7) is 4.06. The second-order valence-corrected chi connectivity index (χ2v) is 5.05. The standard InChI is InChI=1S/C16H20N2O/c1-3-11(2)16(17)15(19)10-13-9-8-12-6-4-5-7-14(12)18-13/h4-9,11,16H,3,10,17H2,1-2H3. The predicted octanol–water partition coefficient (Wildman–Crippen LogP) is 2.72. The topological polar surface area (TPSA) is 56.0 Å². The number of aromatic nitrogens is 1. The van der Waals surface area contributed by atoms with E-state index in [1.165, 1.54) is 0 Å². The van der Waals surface area contributed by atoms with Gasteiger partial charge in [0.2, 0.25) is 0 Å². The van der Waals surface area contributed by atoms with Crippen LogP contribution in [0.25, 0.3) is 10.9 Å². The van der Waals surface area contributed by atoms with Crippen LogP contribution in [0.2, 0.25) is 0 Å². The summed E-state index contributed by atoms with van der Waals surface area (Å²) >= 11 is 0. The molecule has 1 aromatic heterocycles. The summed E-state index contributed by atoms with van der Waals surface area (Å²) in [6.07, 6.45) is 1.23. The van der Waals surface area contributed by atoms with E-state index < -0.39 is 6.04 Å². The van der Waals surface area contributed by atoms with Crippen LogP contribution < -0.4 is 5.73 Å². The summed E-state index contributed by atoms with van der Waals surface area (Å²) in [5.41, 5.74) is 7.67. The van der Waals surface area contributed by atoms with Crippen molar-refractivity contribution in [3.8, 4) is 0 Å². The van der Waals surface area contributed by atoms with Gasteiger partial charge in [-0.3, -0.25) is 9.78 Å². The van der Waals surface area contributed by atoms with Gasteiger partial charge in [-0.05, 0) is 18.1 Å². The Labute approximate surface area is 113 Å². The van der Waals surface area contributed by atoms with Crippen molar-refractivity contribution in [1.29, 1.82) is 0 Å². The molecule has 0 radical (unpaired) electrons. The number of benzene rings is 1. The number of hydrogen-bond acceptors (Lipinski definition) is 3. The molecule has 1 heterocycles. The molecule has 2 atom stereocenters. The first-order chi connectivity index (χ1) is 9.11. The molecule has 0 spiro atoms. The van der Waals surface area contributed by atoms with Gasteiger partial charge in [-0.1, -0.05) is 44.5 Å². The molecule has 0 saturated carbocycles. The number of nitrogens with two attached hydrogens (primary N) is 1. The molecule has 100 valence electrons. The van der Waals surface area contributed by atoms with Gasteiger partial charge in [0.15, 0.2) is 5.78 Å². The van der Waals surface area contributed by atoms with E-state index >= 15 is 0 Å². The molecule has 2 rings (SSSR count). The maximum absolute atomic E-state index is 12.1. The van der Waals surface area contributed by atoms with Crippen LogP contribution in [0.15, 0.2) is 36.4 Å². The van der Waals surface area contributed by atoms with Crippen LogP contribution in [0.5, 0.6) is 0 Å². The van der Waals surface area contributed by atoms with Gasteiger partial charge >= 0.3 is 0 Å². The van der Waals surface area contributed by atoms with Crippen LogP contribution in [-0.4, -0.2) is 16.8 Å². The molecule has 1 aromatic carbocycles.